The molecule has 2 aliphatic heterocycles. The molecule has 0 aliphatic carbocycles. The van der Waals surface area contributed by atoms with E-state index in [4.69, 9.17) is 0 Å². The van der Waals surface area contributed by atoms with Gasteiger partial charge in [0.15, 0.2) is 0 Å². The average molecular weight is 518 g/mol. The Morgan fingerprint density at radius 3 is 2.37 bits per heavy atom. The van der Waals surface area contributed by atoms with Crippen molar-refractivity contribution in [3.8, 4) is 0 Å². The van der Waals surface area contributed by atoms with Gasteiger partial charge >= 0.3 is 0 Å². The molecule has 3 N–H and O–H groups in total. The van der Waals surface area contributed by atoms with Crippen LogP contribution < -0.4 is 10.0 Å². The number of carbonyl (C=O) groups is 1. The first-order chi connectivity index (χ1) is 16.2. The fourth-order valence-electron chi connectivity index (χ4n) is 4.38. The average Bonchev–Trinajstić information content (AvgIpc) is 2.97. The van der Waals surface area contributed by atoms with Crippen molar-refractivity contribution >= 4 is 37.1 Å². The second-order valence-electron chi connectivity index (χ2n) is 9.73. The summed E-state index contributed by atoms with van der Waals surface area (Å²) >= 11 is 0. The van der Waals surface area contributed by atoms with Gasteiger partial charge in [-0.2, -0.15) is 0 Å². The first-order valence-corrected chi connectivity index (χ1v) is 14.3. The number of fused-ring (bicyclic) bond motifs is 1. The Morgan fingerprint density at radius 2 is 1.77 bits per heavy atom. The summed E-state index contributed by atoms with van der Waals surface area (Å²) in [5, 5.41) is 15.0. The molecule has 0 fully saturated rings. The molecule has 0 unspecified atom stereocenters. The molecular weight excluding hydrogens is 490 g/mol. The van der Waals surface area contributed by atoms with Gasteiger partial charge in [0.2, 0.25) is 19.9 Å². The lowest BCUT2D eigenvalue weighted by molar-refractivity contribution is -0.129. The summed E-state index contributed by atoms with van der Waals surface area (Å²) in [5.74, 6) is -0.690. The highest BCUT2D eigenvalue weighted by Gasteiger charge is 2.47. The minimum atomic E-state index is -4.06. The van der Waals surface area contributed by atoms with Crippen LogP contribution in [0.2, 0.25) is 0 Å². The van der Waals surface area contributed by atoms with Gasteiger partial charge < -0.3 is 15.3 Å². The van der Waals surface area contributed by atoms with Gasteiger partial charge in [0.05, 0.1) is 34.0 Å². The molecule has 0 radical (unpaired) electrons. The van der Waals surface area contributed by atoms with Gasteiger partial charge in [0.1, 0.15) is 11.3 Å². The van der Waals surface area contributed by atoms with Crippen LogP contribution in [0.5, 0.6) is 0 Å². The SMILES string of the molecule is CC(C)(C)[C@H]1C(O)=C(C2=CS(=O)(=O)c3cc(NS(C)(=O)=O)ccc3N2)C(=O)N1Cc1ccccc1. The minimum Gasteiger partial charge on any atom is -0.509 e. The maximum absolute atomic E-state index is 13.6. The lowest BCUT2D eigenvalue weighted by Crippen LogP contribution is -2.43. The Kier molecular flexibility index (Phi) is 5.97. The molecule has 0 aromatic heterocycles. The number of benzene rings is 2. The number of aliphatic hydroxyl groups is 1. The number of sulfonamides is 1. The molecule has 2 aromatic carbocycles. The molecule has 186 valence electrons. The van der Waals surface area contributed by atoms with Crippen LogP contribution in [0.1, 0.15) is 26.3 Å². The van der Waals surface area contributed by atoms with E-state index < -0.39 is 37.2 Å². The van der Waals surface area contributed by atoms with E-state index >= 15 is 0 Å². The minimum absolute atomic E-state index is 0.0337. The number of sulfone groups is 1. The molecule has 0 saturated carbocycles. The van der Waals surface area contributed by atoms with Crippen molar-refractivity contribution in [3.63, 3.8) is 0 Å². The topological polar surface area (TPSA) is 133 Å². The number of hydrogen-bond acceptors (Lipinski definition) is 7. The Balaban J connectivity index is 1.75. The molecule has 0 bridgehead atoms. The van der Waals surface area contributed by atoms with E-state index in [1.165, 1.54) is 18.2 Å². The maximum atomic E-state index is 13.6. The largest absolute Gasteiger partial charge is 0.509 e. The molecule has 4 rings (SSSR count). The van der Waals surface area contributed by atoms with Crippen molar-refractivity contribution in [3.05, 3.63) is 76.5 Å². The Morgan fingerprint density at radius 1 is 1.11 bits per heavy atom. The van der Waals surface area contributed by atoms with E-state index in [0.29, 0.717) is 0 Å². The summed E-state index contributed by atoms with van der Waals surface area (Å²) in [6, 6.07) is 12.7. The number of carbonyl (C=O) groups excluding carboxylic acids is 1. The Bertz CT molecular complexity index is 1470. The number of hydrogen-bond donors (Lipinski definition) is 3. The summed E-state index contributed by atoms with van der Waals surface area (Å²) in [6.45, 7) is 5.93. The van der Waals surface area contributed by atoms with Gasteiger partial charge in [0, 0.05) is 12.2 Å². The van der Waals surface area contributed by atoms with Crippen molar-refractivity contribution in [1.82, 2.24) is 4.90 Å². The van der Waals surface area contributed by atoms with E-state index in [1.54, 1.807) is 4.90 Å². The normalized spacial score (nSPS) is 19.8. The van der Waals surface area contributed by atoms with Crippen molar-refractivity contribution in [2.45, 2.75) is 38.3 Å². The predicted molar refractivity (Wildman–Crippen MR) is 134 cm³/mol. The van der Waals surface area contributed by atoms with Crippen LogP contribution in [0.3, 0.4) is 0 Å². The zero-order valence-corrected chi connectivity index (χ0v) is 21.4. The summed E-state index contributed by atoms with van der Waals surface area (Å²) in [6.07, 6.45) is 0.963. The molecule has 11 heteroatoms. The van der Waals surface area contributed by atoms with Crippen LogP contribution in [0.15, 0.2) is 75.9 Å². The molecule has 0 saturated heterocycles. The van der Waals surface area contributed by atoms with E-state index in [0.717, 1.165) is 17.2 Å². The number of nitrogens with zero attached hydrogens (tertiary/aromatic N) is 1. The van der Waals surface area contributed by atoms with Crippen LogP contribution in [0, 0.1) is 5.41 Å². The van der Waals surface area contributed by atoms with Crippen molar-refractivity contribution in [1.29, 1.82) is 0 Å². The van der Waals surface area contributed by atoms with E-state index in [2.05, 4.69) is 10.0 Å². The molecule has 1 atom stereocenters. The van der Waals surface area contributed by atoms with Crippen LogP contribution in [0.25, 0.3) is 0 Å². The van der Waals surface area contributed by atoms with Gasteiger partial charge in [-0.05, 0) is 29.2 Å². The molecule has 0 spiro atoms. The highest BCUT2D eigenvalue weighted by molar-refractivity contribution is 7.94. The smallest absolute Gasteiger partial charge is 0.260 e. The third kappa shape index (κ3) is 4.92. The second-order valence-corrected chi connectivity index (χ2v) is 13.2. The van der Waals surface area contributed by atoms with Crippen molar-refractivity contribution < 1.29 is 26.7 Å². The summed E-state index contributed by atoms with van der Waals surface area (Å²) in [5.41, 5.74) is 0.465. The molecule has 2 heterocycles. The van der Waals surface area contributed by atoms with E-state index in [-0.39, 0.29) is 39.8 Å². The van der Waals surface area contributed by atoms with Crippen LogP contribution in [0.4, 0.5) is 11.4 Å². The molecule has 2 aliphatic rings. The van der Waals surface area contributed by atoms with Crippen molar-refractivity contribution in [2.75, 3.05) is 16.3 Å². The van der Waals surface area contributed by atoms with Crippen LogP contribution in [-0.4, -0.2) is 45.0 Å². The number of aliphatic hydroxyl groups excluding tert-OH is 1. The second kappa shape index (κ2) is 8.42. The zero-order valence-electron chi connectivity index (χ0n) is 19.7. The highest BCUT2D eigenvalue weighted by atomic mass is 32.2. The fourth-order valence-corrected chi connectivity index (χ4v) is 6.27. The van der Waals surface area contributed by atoms with Gasteiger partial charge in [-0.3, -0.25) is 9.52 Å². The third-order valence-corrected chi connectivity index (χ3v) is 7.82. The molecular formula is C24H27N3O6S2. The molecule has 1 amide bonds. The van der Waals surface area contributed by atoms with Gasteiger partial charge in [-0.15, -0.1) is 0 Å². The lowest BCUT2D eigenvalue weighted by Gasteiger charge is -2.35. The third-order valence-electron chi connectivity index (χ3n) is 5.72. The summed E-state index contributed by atoms with van der Waals surface area (Å²) in [4.78, 5) is 15.0. The molecule has 2 aromatic rings. The van der Waals surface area contributed by atoms with Crippen molar-refractivity contribution in [2.24, 2.45) is 5.41 Å². The Hall–Kier alpha value is -3.31. The Labute approximate surface area is 205 Å². The van der Waals surface area contributed by atoms with Gasteiger partial charge in [-0.25, -0.2) is 16.8 Å². The fraction of sp³-hybridized carbons (Fsp3) is 0.292. The first-order valence-electron chi connectivity index (χ1n) is 10.8. The van der Waals surface area contributed by atoms with E-state index in [9.17, 15) is 26.7 Å². The molecule has 35 heavy (non-hydrogen) atoms. The highest BCUT2D eigenvalue weighted by Crippen LogP contribution is 2.42. The number of nitrogens with one attached hydrogen (secondary N) is 2. The zero-order chi connectivity index (χ0) is 25.8. The maximum Gasteiger partial charge on any atom is 0.260 e. The number of rotatable bonds is 5. The van der Waals surface area contributed by atoms with Crippen LogP contribution in [-0.2, 0) is 31.2 Å². The molecule has 9 nitrogen and oxygen atoms in total. The lowest BCUT2D eigenvalue weighted by atomic mass is 9.85. The van der Waals surface area contributed by atoms with Gasteiger partial charge in [0.25, 0.3) is 5.91 Å². The van der Waals surface area contributed by atoms with Gasteiger partial charge in [-0.1, -0.05) is 51.1 Å². The predicted octanol–water partition coefficient (Wildman–Crippen LogP) is 3.37. The van der Waals surface area contributed by atoms with Crippen LogP contribution >= 0.6 is 0 Å². The number of anilines is 2. The summed E-state index contributed by atoms with van der Waals surface area (Å²) < 4.78 is 51.5. The first kappa shape index (κ1) is 24.8. The number of amides is 1. The standard InChI is InChI=1S/C24H27N3O6S2/c1-24(2,3)22-21(28)20(23(29)27(22)13-15-8-6-5-7-9-15)18-14-35(32,33)19-12-16(26-34(4,30)31)10-11-17(19)25-18/h5-12,14,22,25-26,28H,13H2,1-4H3/t22-/m1/s1. The summed E-state index contributed by atoms with van der Waals surface area (Å²) in [7, 11) is -7.66. The monoisotopic (exact) mass is 517 g/mol. The quantitative estimate of drug-likeness (QED) is 0.554. The van der Waals surface area contributed by atoms with E-state index in [1.807, 2.05) is 51.1 Å².